The Hall–Kier alpha value is -4.24. The number of hydrogen-bond donors (Lipinski definition) is 2. The molecule has 0 spiro atoms. The molecule has 2 N–H and O–H groups in total. The minimum absolute atomic E-state index is 0.00412. The van der Waals surface area contributed by atoms with E-state index in [4.69, 9.17) is 4.74 Å². The van der Waals surface area contributed by atoms with Crippen molar-refractivity contribution in [2.24, 2.45) is 7.05 Å². The fourth-order valence-corrected chi connectivity index (χ4v) is 4.13. The van der Waals surface area contributed by atoms with Crippen LogP contribution in [0.4, 0.5) is 18.9 Å². The number of imidazole rings is 1. The molecule has 1 aromatic carbocycles. The number of amides is 2. The van der Waals surface area contributed by atoms with Gasteiger partial charge in [0.05, 0.1) is 18.5 Å². The quantitative estimate of drug-likeness (QED) is 0.353. The molecule has 3 aromatic rings. The highest BCUT2D eigenvalue weighted by molar-refractivity contribution is 6.05. The van der Waals surface area contributed by atoms with Crippen LogP contribution in [0.15, 0.2) is 42.9 Å². The lowest BCUT2D eigenvalue weighted by Gasteiger charge is -2.34. The molecule has 1 saturated heterocycles. The molecule has 1 aliphatic rings. The Morgan fingerprint density at radius 3 is 2.59 bits per heavy atom. The van der Waals surface area contributed by atoms with E-state index >= 15 is 0 Å². The molecule has 0 atom stereocenters. The van der Waals surface area contributed by atoms with Gasteiger partial charge in [-0.15, -0.1) is 0 Å². The van der Waals surface area contributed by atoms with Gasteiger partial charge in [0, 0.05) is 76.1 Å². The van der Waals surface area contributed by atoms with Gasteiger partial charge >= 0.3 is 12.1 Å². The van der Waals surface area contributed by atoms with Crippen LogP contribution in [-0.2, 0) is 22.8 Å². The van der Waals surface area contributed by atoms with Gasteiger partial charge in [-0.2, -0.15) is 13.2 Å². The minimum Gasteiger partial charge on any atom is -0.491 e. The molecule has 2 amide bonds. The van der Waals surface area contributed by atoms with E-state index in [1.54, 1.807) is 42.1 Å². The first-order chi connectivity index (χ1) is 18.6. The summed E-state index contributed by atoms with van der Waals surface area (Å²) in [6.07, 6.45) is 0.441. The van der Waals surface area contributed by atoms with Crippen molar-refractivity contribution in [1.82, 2.24) is 24.3 Å². The number of benzene rings is 1. The Morgan fingerprint density at radius 2 is 1.95 bits per heavy atom. The Labute approximate surface area is 223 Å². The molecule has 1 aliphatic heterocycles. The Bertz CT molecular complexity index is 1380. The number of piperazine rings is 1. The third-order valence-corrected chi connectivity index (χ3v) is 6.23. The zero-order chi connectivity index (χ0) is 28.0. The van der Waals surface area contributed by atoms with E-state index in [2.05, 4.69) is 32.0 Å². The van der Waals surface area contributed by atoms with Gasteiger partial charge in [-0.05, 0) is 30.7 Å². The van der Waals surface area contributed by atoms with Gasteiger partial charge in [-0.3, -0.25) is 14.5 Å². The first kappa shape index (κ1) is 27.8. The van der Waals surface area contributed by atoms with Crippen molar-refractivity contribution in [1.29, 1.82) is 0 Å². The molecule has 0 radical (unpaired) electrons. The maximum atomic E-state index is 13.0. The van der Waals surface area contributed by atoms with Crippen molar-refractivity contribution in [3.63, 3.8) is 0 Å². The topological polar surface area (TPSA) is 95.5 Å². The third-order valence-electron chi connectivity index (χ3n) is 6.23. The van der Waals surface area contributed by atoms with Gasteiger partial charge in [-0.25, -0.2) is 4.98 Å². The standard InChI is InChI=1S/C27H29F3N6O3/c1-19(37)36-13-11-35(12-14-36)9-3-15-39-23-6-5-21(26-31-17-24(33-26)27(28,29)30)16-22(23)32-25(38)7-4-20-8-10-34(2)18-20/h5-6,8,10,16-18H,3,9,11-15H2,1-2H3,(H,31,33)(H,32,38). The number of aryl methyl sites for hydroxylation is 1. The maximum absolute atomic E-state index is 13.0. The molecular weight excluding hydrogens is 513 g/mol. The number of H-pyrrole nitrogens is 1. The van der Waals surface area contributed by atoms with Crippen molar-refractivity contribution in [2.45, 2.75) is 19.5 Å². The number of anilines is 1. The van der Waals surface area contributed by atoms with Gasteiger partial charge in [0.25, 0.3) is 0 Å². The normalized spacial score (nSPS) is 14.0. The molecular formula is C27H29F3N6O3. The molecule has 12 heteroatoms. The van der Waals surface area contributed by atoms with Crippen molar-refractivity contribution >= 4 is 17.5 Å². The summed E-state index contributed by atoms with van der Waals surface area (Å²) >= 11 is 0. The second-order valence-electron chi connectivity index (χ2n) is 9.17. The lowest BCUT2D eigenvalue weighted by Crippen LogP contribution is -2.48. The molecule has 1 fully saturated rings. The average Bonchev–Trinajstić information content (AvgIpc) is 3.56. The minimum atomic E-state index is -4.56. The van der Waals surface area contributed by atoms with Crippen LogP contribution >= 0.6 is 0 Å². The first-order valence-electron chi connectivity index (χ1n) is 12.4. The van der Waals surface area contributed by atoms with Crippen molar-refractivity contribution in [3.05, 3.63) is 54.1 Å². The van der Waals surface area contributed by atoms with Crippen LogP contribution in [0.1, 0.15) is 24.6 Å². The summed E-state index contributed by atoms with van der Waals surface area (Å²) < 4.78 is 46.8. The number of aromatic amines is 1. The number of alkyl halides is 3. The Kier molecular flexibility index (Phi) is 8.61. The van der Waals surface area contributed by atoms with Crippen LogP contribution in [0.25, 0.3) is 11.4 Å². The highest BCUT2D eigenvalue weighted by Crippen LogP contribution is 2.33. The molecule has 0 aliphatic carbocycles. The number of nitrogens with one attached hydrogen (secondary N) is 2. The van der Waals surface area contributed by atoms with E-state index in [9.17, 15) is 22.8 Å². The molecule has 3 heterocycles. The second kappa shape index (κ2) is 12.1. The summed E-state index contributed by atoms with van der Waals surface area (Å²) in [5.74, 6) is 5.13. The molecule has 2 aromatic heterocycles. The average molecular weight is 543 g/mol. The van der Waals surface area contributed by atoms with E-state index in [0.29, 0.717) is 43.0 Å². The number of rotatable bonds is 7. The summed E-state index contributed by atoms with van der Waals surface area (Å²) in [4.78, 5) is 34.3. The van der Waals surface area contributed by atoms with Crippen LogP contribution in [0.5, 0.6) is 5.75 Å². The van der Waals surface area contributed by atoms with Crippen molar-refractivity contribution in [2.75, 3.05) is 44.6 Å². The number of hydrogen-bond acceptors (Lipinski definition) is 5. The highest BCUT2D eigenvalue weighted by atomic mass is 19.4. The van der Waals surface area contributed by atoms with Crippen LogP contribution in [-0.4, -0.2) is 75.5 Å². The van der Waals surface area contributed by atoms with Crippen molar-refractivity contribution < 1.29 is 27.5 Å². The van der Waals surface area contributed by atoms with E-state index < -0.39 is 17.8 Å². The largest absolute Gasteiger partial charge is 0.491 e. The molecule has 206 valence electrons. The van der Waals surface area contributed by atoms with Crippen LogP contribution in [0, 0.1) is 11.8 Å². The van der Waals surface area contributed by atoms with E-state index in [-0.39, 0.29) is 17.4 Å². The van der Waals surface area contributed by atoms with Gasteiger partial charge in [0.2, 0.25) is 5.91 Å². The third kappa shape index (κ3) is 7.64. The lowest BCUT2D eigenvalue weighted by molar-refractivity contribution is -0.140. The monoisotopic (exact) mass is 542 g/mol. The number of carbonyl (C=O) groups excluding carboxylic acids is 2. The molecule has 39 heavy (non-hydrogen) atoms. The highest BCUT2D eigenvalue weighted by Gasteiger charge is 2.33. The van der Waals surface area contributed by atoms with E-state index in [1.165, 1.54) is 6.07 Å². The zero-order valence-corrected chi connectivity index (χ0v) is 21.6. The number of aromatic nitrogens is 3. The molecule has 0 unspecified atom stereocenters. The summed E-state index contributed by atoms with van der Waals surface area (Å²) in [6.45, 7) is 5.67. The van der Waals surface area contributed by atoms with Crippen LogP contribution in [0.2, 0.25) is 0 Å². The predicted octanol–water partition coefficient (Wildman–Crippen LogP) is 3.36. The number of carbonyl (C=O) groups is 2. The molecule has 4 rings (SSSR count). The van der Waals surface area contributed by atoms with Gasteiger partial charge in [-0.1, -0.05) is 5.92 Å². The first-order valence-corrected chi connectivity index (χ1v) is 12.4. The summed E-state index contributed by atoms with van der Waals surface area (Å²) in [5.41, 5.74) is 0.297. The Balaban J connectivity index is 1.44. The number of nitrogens with zero attached hydrogens (tertiary/aromatic N) is 4. The molecule has 9 nitrogen and oxygen atoms in total. The van der Waals surface area contributed by atoms with E-state index in [0.717, 1.165) is 25.8 Å². The van der Waals surface area contributed by atoms with Crippen LogP contribution < -0.4 is 10.1 Å². The fraction of sp³-hybridized carbons (Fsp3) is 0.370. The number of ether oxygens (including phenoxy) is 1. The second-order valence-corrected chi connectivity index (χ2v) is 9.17. The fourth-order valence-electron chi connectivity index (χ4n) is 4.13. The predicted molar refractivity (Wildman–Crippen MR) is 139 cm³/mol. The van der Waals surface area contributed by atoms with Gasteiger partial charge in [0.1, 0.15) is 17.3 Å². The smallest absolute Gasteiger partial charge is 0.432 e. The van der Waals surface area contributed by atoms with Gasteiger partial charge in [0.15, 0.2) is 0 Å². The summed E-state index contributed by atoms with van der Waals surface area (Å²) in [7, 11) is 1.84. The molecule has 0 saturated carbocycles. The van der Waals surface area contributed by atoms with E-state index in [1.807, 2.05) is 11.9 Å². The van der Waals surface area contributed by atoms with Crippen molar-refractivity contribution in [3.8, 4) is 29.0 Å². The summed E-state index contributed by atoms with van der Waals surface area (Å²) in [6, 6.07) is 6.42. The number of halogens is 3. The SMILES string of the molecule is CC(=O)N1CCN(CCCOc2ccc(-c3ncc(C(F)(F)F)[nH]3)cc2NC(=O)C#Cc2ccn(C)c2)CC1. The Morgan fingerprint density at radius 1 is 1.18 bits per heavy atom. The van der Waals surface area contributed by atoms with Crippen LogP contribution in [0.3, 0.4) is 0 Å². The van der Waals surface area contributed by atoms with Gasteiger partial charge < -0.3 is 24.5 Å². The lowest BCUT2D eigenvalue weighted by atomic mass is 10.1. The zero-order valence-electron chi connectivity index (χ0n) is 21.6. The molecule has 0 bridgehead atoms. The summed E-state index contributed by atoms with van der Waals surface area (Å²) in [5, 5.41) is 2.68. The maximum Gasteiger partial charge on any atom is 0.432 e.